The number of carbonyl (C=O) groups is 2. The molecule has 17 heavy (non-hydrogen) atoms. The average Bonchev–Trinajstić information content (AvgIpc) is 2.20. The lowest BCUT2D eigenvalue weighted by Gasteiger charge is -2.50. The van der Waals surface area contributed by atoms with Gasteiger partial charge in [-0.05, 0) is 26.8 Å². The topological polar surface area (TPSA) is 60.9 Å². The summed E-state index contributed by atoms with van der Waals surface area (Å²) < 4.78 is 0. The van der Waals surface area contributed by atoms with E-state index in [-0.39, 0.29) is 23.9 Å². The Kier molecular flexibility index (Phi) is 4.14. The SMILES string of the molecule is CCN1C(CCC(=O)O)C(=O)N(C)CC1(C)C. The van der Waals surface area contributed by atoms with Gasteiger partial charge in [-0.15, -0.1) is 0 Å². The van der Waals surface area contributed by atoms with Gasteiger partial charge in [0, 0.05) is 25.6 Å². The van der Waals surface area contributed by atoms with Crippen molar-refractivity contribution in [3.05, 3.63) is 0 Å². The van der Waals surface area contributed by atoms with Gasteiger partial charge in [-0.2, -0.15) is 0 Å². The molecular weight excluding hydrogens is 220 g/mol. The lowest BCUT2D eigenvalue weighted by atomic mass is 9.92. The molecule has 0 spiro atoms. The molecule has 0 aliphatic carbocycles. The van der Waals surface area contributed by atoms with E-state index in [9.17, 15) is 9.59 Å². The normalized spacial score (nSPS) is 25.1. The molecule has 1 aliphatic heterocycles. The van der Waals surface area contributed by atoms with Gasteiger partial charge in [0.15, 0.2) is 0 Å². The van der Waals surface area contributed by atoms with Crippen LogP contribution in [0.4, 0.5) is 0 Å². The van der Waals surface area contributed by atoms with E-state index in [2.05, 4.69) is 18.7 Å². The molecule has 0 saturated carbocycles. The predicted molar refractivity (Wildman–Crippen MR) is 64.8 cm³/mol. The van der Waals surface area contributed by atoms with E-state index >= 15 is 0 Å². The van der Waals surface area contributed by atoms with Gasteiger partial charge >= 0.3 is 5.97 Å². The molecule has 1 fully saturated rings. The first-order chi connectivity index (χ1) is 7.79. The number of likely N-dealkylation sites (N-methyl/N-ethyl adjacent to an activating group) is 2. The van der Waals surface area contributed by atoms with Crippen molar-refractivity contribution in [2.24, 2.45) is 0 Å². The highest BCUT2D eigenvalue weighted by Crippen LogP contribution is 2.27. The second-order valence-electron chi connectivity index (χ2n) is 5.24. The smallest absolute Gasteiger partial charge is 0.303 e. The molecule has 1 N–H and O–H groups in total. The Bertz CT molecular complexity index is 315. The Labute approximate surface area is 102 Å². The monoisotopic (exact) mass is 242 g/mol. The lowest BCUT2D eigenvalue weighted by Crippen LogP contribution is -2.65. The van der Waals surface area contributed by atoms with E-state index in [1.54, 1.807) is 11.9 Å². The zero-order valence-electron chi connectivity index (χ0n) is 11.1. The molecule has 98 valence electrons. The molecule has 0 aromatic heterocycles. The third-order valence-electron chi connectivity index (χ3n) is 3.41. The van der Waals surface area contributed by atoms with Crippen LogP contribution in [0, 0.1) is 0 Å². The van der Waals surface area contributed by atoms with Gasteiger partial charge in [0.05, 0.1) is 6.04 Å². The fraction of sp³-hybridized carbons (Fsp3) is 0.833. The molecule has 1 atom stereocenters. The molecule has 5 nitrogen and oxygen atoms in total. The Hall–Kier alpha value is -1.10. The first-order valence-electron chi connectivity index (χ1n) is 6.03. The highest BCUT2D eigenvalue weighted by molar-refractivity contribution is 5.83. The summed E-state index contributed by atoms with van der Waals surface area (Å²) in [4.78, 5) is 26.5. The molecule has 5 heteroatoms. The highest BCUT2D eigenvalue weighted by atomic mass is 16.4. The number of aliphatic carboxylic acids is 1. The quantitative estimate of drug-likeness (QED) is 0.792. The lowest BCUT2D eigenvalue weighted by molar-refractivity contribution is -0.149. The van der Waals surface area contributed by atoms with E-state index in [0.29, 0.717) is 13.0 Å². The Morgan fingerprint density at radius 3 is 2.59 bits per heavy atom. The van der Waals surface area contributed by atoms with Crippen LogP contribution in [0.1, 0.15) is 33.6 Å². The fourth-order valence-corrected chi connectivity index (χ4v) is 2.75. The van der Waals surface area contributed by atoms with E-state index < -0.39 is 5.97 Å². The maximum Gasteiger partial charge on any atom is 0.303 e. The zero-order chi connectivity index (χ0) is 13.2. The van der Waals surface area contributed by atoms with Gasteiger partial charge in [0.25, 0.3) is 0 Å². The van der Waals surface area contributed by atoms with Crippen molar-refractivity contribution in [3.63, 3.8) is 0 Å². The van der Waals surface area contributed by atoms with Crippen LogP contribution in [0.15, 0.2) is 0 Å². The number of hydrogen-bond donors (Lipinski definition) is 1. The number of rotatable bonds is 4. The number of nitrogens with zero attached hydrogens (tertiary/aromatic N) is 2. The minimum Gasteiger partial charge on any atom is -0.481 e. The number of carbonyl (C=O) groups excluding carboxylic acids is 1. The zero-order valence-corrected chi connectivity index (χ0v) is 11.1. The Balaban J connectivity index is 2.86. The van der Waals surface area contributed by atoms with Crippen molar-refractivity contribution < 1.29 is 14.7 Å². The van der Waals surface area contributed by atoms with Crippen molar-refractivity contribution in [1.29, 1.82) is 0 Å². The molecule has 0 aromatic carbocycles. The van der Waals surface area contributed by atoms with Gasteiger partial charge < -0.3 is 10.0 Å². The molecule has 0 aromatic rings. The second-order valence-corrected chi connectivity index (χ2v) is 5.24. The number of carboxylic acid groups (broad SMARTS) is 1. The van der Waals surface area contributed by atoms with Crippen LogP contribution in [-0.4, -0.2) is 58.5 Å². The van der Waals surface area contributed by atoms with Crippen LogP contribution in [0.5, 0.6) is 0 Å². The molecule has 1 rings (SSSR count). The summed E-state index contributed by atoms with van der Waals surface area (Å²) in [6, 6.07) is -0.301. The Morgan fingerprint density at radius 1 is 1.53 bits per heavy atom. The maximum absolute atomic E-state index is 12.1. The van der Waals surface area contributed by atoms with E-state index in [1.807, 2.05) is 6.92 Å². The van der Waals surface area contributed by atoms with Crippen molar-refractivity contribution in [2.75, 3.05) is 20.1 Å². The Morgan fingerprint density at radius 2 is 2.12 bits per heavy atom. The minimum absolute atomic E-state index is 0.0347. The van der Waals surface area contributed by atoms with Gasteiger partial charge in [0.2, 0.25) is 5.91 Å². The first kappa shape index (κ1) is 14.0. The summed E-state index contributed by atoms with van der Waals surface area (Å²) in [6.45, 7) is 7.63. The maximum atomic E-state index is 12.1. The fourth-order valence-electron chi connectivity index (χ4n) is 2.75. The highest BCUT2D eigenvalue weighted by Gasteiger charge is 2.42. The number of piperazine rings is 1. The largest absolute Gasteiger partial charge is 0.481 e. The van der Waals surface area contributed by atoms with Crippen molar-refractivity contribution >= 4 is 11.9 Å². The van der Waals surface area contributed by atoms with Gasteiger partial charge in [-0.25, -0.2) is 0 Å². The molecular formula is C12H22N2O3. The standard InChI is InChI=1S/C12H22N2O3/c1-5-14-9(6-7-10(15)16)11(17)13(4)8-12(14,2)3/h9H,5-8H2,1-4H3,(H,15,16). The third kappa shape index (κ3) is 2.97. The molecule has 1 unspecified atom stereocenters. The van der Waals surface area contributed by atoms with Gasteiger partial charge in [0.1, 0.15) is 0 Å². The van der Waals surface area contributed by atoms with Gasteiger partial charge in [-0.1, -0.05) is 6.92 Å². The summed E-state index contributed by atoms with van der Waals surface area (Å²) in [6.07, 6.45) is 0.423. The van der Waals surface area contributed by atoms with Crippen LogP contribution in [-0.2, 0) is 9.59 Å². The van der Waals surface area contributed by atoms with Crippen LogP contribution in [0.2, 0.25) is 0 Å². The van der Waals surface area contributed by atoms with Crippen LogP contribution >= 0.6 is 0 Å². The number of hydrogen-bond acceptors (Lipinski definition) is 3. The third-order valence-corrected chi connectivity index (χ3v) is 3.41. The van der Waals surface area contributed by atoms with Crippen molar-refractivity contribution in [2.45, 2.75) is 45.2 Å². The van der Waals surface area contributed by atoms with Crippen LogP contribution in [0.3, 0.4) is 0 Å². The van der Waals surface area contributed by atoms with Crippen LogP contribution in [0.25, 0.3) is 0 Å². The molecule has 1 heterocycles. The molecule has 1 aliphatic rings. The average molecular weight is 242 g/mol. The van der Waals surface area contributed by atoms with E-state index in [0.717, 1.165) is 6.54 Å². The molecule has 1 amide bonds. The summed E-state index contributed by atoms with van der Waals surface area (Å²) in [5.74, 6) is -0.813. The second kappa shape index (κ2) is 5.04. The minimum atomic E-state index is -0.847. The summed E-state index contributed by atoms with van der Waals surface area (Å²) in [5, 5.41) is 8.74. The van der Waals surface area contributed by atoms with E-state index in [1.165, 1.54) is 0 Å². The number of amides is 1. The molecule has 0 bridgehead atoms. The van der Waals surface area contributed by atoms with E-state index in [4.69, 9.17) is 5.11 Å². The van der Waals surface area contributed by atoms with Gasteiger partial charge in [-0.3, -0.25) is 14.5 Å². The first-order valence-corrected chi connectivity index (χ1v) is 6.03. The molecule has 1 saturated heterocycles. The van der Waals surface area contributed by atoms with Crippen LogP contribution < -0.4 is 0 Å². The van der Waals surface area contributed by atoms with Crippen molar-refractivity contribution in [3.8, 4) is 0 Å². The summed E-state index contributed by atoms with van der Waals surface area (Å²) >= 11 is 0. The summed E-state index contributed by atoms with van der Waals surface area (Å²) in [5.41, 5.74) is -0.0966. The predicted octanol–water partition coefficient (Wildman–Crippen LogP) is 0.792. The summed E-state index contributed by atoms with van der Waals surface area (Å²) in [7, 11) is 1.78. The number of carboxylic acids is 1. The molecule has 0 radical (unpaired) electrons. The van der Waals surface area contributed by atoms with Crippen molar-refractivity contribution in [1.82, 2.24) is 9.80 Å².